The summed E-state index contributed by atoms with van der Waals surface area (Å²) in [6, 6.07) is 0. The predicted molar refractivity (Wildman–Crippen MR) is 58.5 cm³/mol. The van der Waals surface area contributed by atoms with Gasteiger partial charge in [-0.2, -0.15) is 11.8 Å². The van der Waals surface area contributed by atoms with Crippen molar-refractivity contribution in [3.8, 4) is 12.3 Å². The highest BCUT2D eigenvalue weighted by Gasteiger charge is 2.28. The summed E-state index contributed by atoms with van der Waals surface area (Å²) in [5, 5.41) is 8.63. The smallest absolute Gasteiger partial charge is 0.323 e. The molecule has 0 aromatic heterocycles. The number of amides is 1. The van der Waals surface area contributed by atoms with Crippen molar-refractivity contribution >= 4 is 23.6 Å². The molecule has 1 aliphatic heterocycles. The van der Waals surface area contributed by atoms with Gasteiger partial charge in [0.05, 0.1) is 6.54 Å². The number of terminal acetylenes is 1. The average molecular weight is 227 g/mol. The fourth-order valence-electron chi connectivity index (χ4n) is 1.47. The van der Waals surface area contributed by atoms with Crippen LogP contribution in [0.1, 0.15) is 6.42 Å². The Morgan fingerprint density at radius 1 is 1.60 bits per heavy atom. The van der Waals surface area contributed by atoms with E-state index >= 15 is 0 Å². The molecule has 82 valence electrons. The molecule has 15 heavy (non-hydrogen) atoms. The zero-order valence-electron chi connectivity index (χ0n) is 8.31. The molecule has 1 saturated heterocycles. The number of aliphatic carboxylic acids is 1. The number of nitrogens with zero attached hydrogens (tertiary/aromatic N) is 1. The lowest BCUT2D eigenvalue weighted by molar-refractivity contribution is -0.145. The molecule has 4 nitrogen and oxygen atoms in total. The average Bonchev–Trinajstić information content (AvgIpc) is 2.68. The maximum Gasteiger partial charge on any atom is 0.323 e. The van der Waals surface area contributed by atoms with Crippen molar-refractivity contribution in [2.75, 3.05) is 24.6 Å². The van der Waals surface area contributed by atoms with Crippen molar-refractivity contribution in [3.63, 3.8) is 0 Å². The first kappa shape index (κ1) is 11.9. The zero-order valence-corrected chi connectivity index (χ0v) is 9.13. The van der Waals surface area contributed by atoms with Crippen molar-refractivity contribution in [3.05, 3.63) is 0 Å². The van der Waals surface area contributed by atoms with E-state index in [0.717, 1.165) is 17.9 Å². The van der Waals surface area contributed by atoms with Crippen LogP contribution in [-0.4, -0.2) is 46.5 Å². The zero-order chi connectivity index (χ0) is 11.3. The first-order valence-electron chi connectivity index (χ1n) is 4.67. The summed E-state index contributed by atoms with van der Waals surface area (Å²) < 4.78 is 0. The maximum atomic E-state index is 11.8. The molecule has 0 spiro atoms. The van der Waals surface area contributed by atoms with E-state index in [-0.39, 0.29) is 24.9 Å². The van der Waals surface area contributed by atoms with Gasteiger partial charge in [0, 0.05) is 11.7 Å². The summed E-state index contributed by atoms with van der Waals surface area (Å²) in [4.78, 5) is 23.6. The summed E-state index contributed by atoms with van der Waals surface area (Å²) in [7, 11) is 0. The van der Waals surface area contributed by atoms with E-state index in [1.807, 2.05) is 0 Å². The van der Waals surface area contributed by atoms with Crippen LogP contribution in [0.3, 0.4) is 0 Å². The van der Waals surface area contributed by atoms with E-state index in [9.17, 15) is 9.59 Å². The van der Waals surface area contributed by atoms with Gasteiger partial charge in [0.2, 0.25) is 5.91 Å². The Morgan fingerprint density at radius 3 is 2.80 bits per heavy atom. The lowest BCUT2D eigenvalue weighted by atomic mass is 10.1. The van der Waals surface area contributed by atoms with Gasteiger partial charge < -0.3 is 10.0 Å². The second-order valence-electron chi connectivity index (χ2n) is 3.35. The number of carbonyl (C=O) groups is 2. The van der Waals surface area contributed by atoms with Crippen LogP contribution in [0.4, 0.5) is 0 Å². The highest BCUT2D eigenvalue weighted by Crippen LogP contribution is 2.24. The quantitative estimate of drug-likeness (QED) is 0.701. The number of rotatable bonds is 4. The first-order chi connectivity index (χ1) is 7.15. The molecule has 1 amide bonds. The van der Waals surface area contributed by atoms with Crippen LogP contribution >= 0.6 is 11.8 Å². The minimum Gasteiger partial charge on any atom is -0.480 e. The van der Waals surface area contributed by atoms with Crippen molar-refractivity contribution in [1.29, 1.82) is 0 Å². The van der Waals surface area contributed by atoms with Crippen molar-refractivity contribution < 1.29 is 14.7 Å². The summed E-state index contributed by atoms with van der Waals surface area (Å²) in [6.45, 7) is -0.226. The second-order valence-corrected chi connectivity index (χ2v) is 4.50. The van der Waals surface area contributed by atoms with Gasteiger partial charge in [0.1, 0.15) is 6.54 Å². The van der Waals surface area contributed by atoms with Crippen LogP contribution < -0.4 is 0 Å². The van der Waals surface area contributed by atoms with Crippen LogP contribution in [0.25, 0.3) is 0 Å². The van der Waals surface area contributed by atoms with E-state index in [1.54, 1.807) is 11.8 Å². The molecule has 0 aromatic carbocycles. The first-order valence-corrected chi connectivity index (χ1v) is 5.82. The Balaban J connectivity index is 2.57. The summed E-state index contributed by atoms with van der Waals surface area (Å²) >= 11 is 1.72. The maximum absolute atomic E-state index is 11.8. The standard InChI is InChI=1S/C10H13NO3S/c1-2-4-11(6-9(12)13)10(14)8-3-5-15-7-8/h1,8H,3-7H2,(H,12,13). The Hall–Kier alpha value is -1.15. The molecule has 1 rings (SSSR count). The monoisotopic (exact) mass is 227 g/mol. The number of carboxylic acid groups (broad SMARTS) is 1. The molecule has 0 aromatic rings. The second kappa shape index (κ2) is 5.66. The summed E-state index contributed by atoms with van der Waals surface area (Å²) in [6.07, 6.45) is 5.92. The summed E-state index contributed by atoms with van der Waals surface area (Å²) in [5.41, 5.74) is 0. The topological polar surface area (TPSA) is 57.6 Å². The summed E-state index contributed by atoms with van der Waals surface area (Å²) in [5.74, 6) is 2.85. The highest BCUT2D eigenvalue weighted by molar-refractivity contribution is 7.99. The Morgan fingerprint density at radius 2 is 2.33 bits per heavy atom. The molecule has 1 unspecified atom stereocenters. The fourth-order valence-corrected chi connectivity index (χ4v) is 2.68. The molecule has 1 heterocycles. The number of carboxylic acids is 1. The van der Waals surface area contributed by atoms with Gasteiger partial charge in [-0.25, -0.2) is 0 Å². The van der Waals surface area contributed by atoms with Gasteiger partial charge in [-0.3, -0.25) is 9.59 Å². The van der Waals surface area contributed by atoms with Gasteiger partial charge in [-0.05, 0) is 12.2 Å². The number of hydrogen-bond acceptors (Lipinski definition) is 3. The van der Waals surface area contributed by atoms with Gasteiger partial charge in [-0.1, -0.05) is 5.92 Å². The van der Waals surface area contributed by atoms with Gasteiger partial charge >= 0.3 is 5.97 Å². The largest absolute Gasteiger partial charge is 0.480 e. The minimum atomic E-state index is -1.02. The van der Waals surface area contributed by atoms with Crippen molar-refractivity contribution in [2.45, 2.75) is 6.42 Å². The third-order valence-electron chi connectivity index (χ3n) is 2.20. The molecule has 0 bridgehead atoms. The lowest BCUT2D eigenvalue weighted by Gasteiger charge is -2.21. The Labute approximate surface area is 93.0 Å². The fraction of sp³-hybridized carbons (Fsp3) is 0.600. The highest BCUT2D eigenvalue weighted by atomic mass is 32.2. The van der Waals surface area contributed by atoms with E-state index in [0.29, 0.717) is 0 Å². The predicted octanol–water partition coefficient (Wildman–Crippen LogP) is 0.286. The third kappa shape index (κ3) is 3.48. The van der Waals surface area contributed by atoms with Gasteiger partial charge in [-0.15, -0.1) is 6.42 Å². The number of carbonyl (C=O) groups excluding carboxylic acids is 1. The molecular formula is C10H13NO3S. The lowest BCUT2D eigenvalue weighted by Crippen LogP contribution is -2.40. The Bertz CT molecular complexity index is 292. The van der Waals surface area contributed by atoms with Crippen LogP contribution in [0.15, 0.2) is 0 Å². The molecule has 5 heteroatoms. The van der Waals surface area contributed by atoms with Gasteiger partial charge in [0.25, 0.3) is 0 Å². The van der Waals surface area contributed by atoms with Crippen molar-refractivity contribution in [2.24, 2.45) is 5.92 Å². The van der Waals surface area contributed by atoms with E-state index in [2.05, 4.69) is 5.92 Å². The molecule has 1 atom stereocenters. The molecule has 1 N–H and O–H groups in total. The molecule has 0 saturated carbocycles. The number of hydrogen-bond donors (Lipinski definition) is 1. The minimum absolute atomic E-state index is 0.0531. The van der Waals surface area contributed by atoms with E-state index in [1.165, 1.54) is 4.90 Å². The van der Waals surface area contributed by atoms with Crippen LogP contribution in [0.5, 0.6) is 0 Å². The molecular weight excluding hydrogens is 214 g/mol. The SMILES string of the molecule is C#CCN(CC(=O)O)C(=O)C1CCSC1. The molecule has 1 fully saturated rings. The van der Waals surface area contributed by atoms with E-state index in [4.69, 9.17) is 11.5 Å². The molecule has 1 aliphatic rings. The van der Waals surface area contributed by atoms with Gasteiger partial charge in [0.15, 0.2) is 0 Å². The van der Waals surface area contributed by atoms with Crippen LogP contribution in [0, 0.1) is 18.3 Å². The number of thioether (sulfide) groups is 1. The van der Waals surface area contributed by atoms with Crippen molar-refractivity contribution in [1.82, 2.24) is 4.90 Å². The van der Waals surface area contributed by atoms with Crippen LogP contribution in [0.2, 0.25) is 0 Å². The van der Waals surface area contributed by atoms with Crippen LogP contribution in [-0.2, 0) is 9.59 Å². The third-order valence-corrected chi connectivity index (χ3v) is 3.36. The normalized spacial score (nSPS) is 19.5. The Kier molecular flexibility index (Phi) is 4.50. The molecule has 0 aliphatic carbocycles. The van der Waals surface area contributed by atoms with E-state index < -0.39 is 5.97 Å². The molecule has 0 radical (unpaired) electrons.